The van der Waals surface area contributed by atoms with Crippen molar-refractivity contribution in [2.45, 2.75) is 88.8 Å². The van der Waals surface area contributed by atoms with Crippen LogP contribution in [0.25, 0.3) is 11.1 Å². The molecule has 0 radical (unpaired) electrons. The number of carbonyl (C=O) groups is 1. The third kappa shape index (κ3) is 4.19. The van der Waals surface area contributed by atoms with E-state index in [9.17, 15) is 9.90 Å². The van der Waals surface area contributed by atoms with Crippen molar-refractivity contribution >= 4 is 6.09 Å². The van der Waals surface area contributed by atoms with Crippen LogP contribution in [0.5, 0.6) is 0 Å². The van der Waals surface area contributed by atoms with Gasteiger partial charge in [0, 0.05) is 18.0 Å². The Hall–Kier alpha value is -2.33. The Labute approximate surface area is 198 Å². The van der Waals surface area contributed by atoms with Crippen molar-refractivity contribution < 1.29 is 14.6 Å². The zero-order chi connectivity index (χ0) is 23.0. The predicted octanol–water partition coefficient (Wildman–Crippen LogP) is 6.51. The molecule has 5 rings (SSSR count). The van der Waals surface area contributed by atoms with Crippen LogP contribution >= 0.6 is 0 Å². The maximum Gasteiger partial charge on any atom is 0.410 e. The van der Waals surface area contributed by atoms with Gasteiger partial charge in [-0.05, 0) is 66.7 Å². The van der Waals surface area contributed by atoms with Gasteiger partial charge in [-0.2, -0.15) is 0 Å². The Morgan fingerprint density at radius 3 is 2.09 bits per heavy atom. The Morgan fingerprint density at radius 2 is 1.55 bits per heavy atom. The van der Waals surface area contributed by atoms with Crippen LogP contribution in [0.1, 0.15) is 82.3 Å². The quantitative estimate of drug-likeness (QED) is 0.549. The molecule has 0 saturated carbocycles. The van der Waals surface area contributed by atoms with E-state index in [1.54, 1.807) is 0 Å². The first kappa shape index (κ1) is 22.5. The molecule has 2 aromatic rings. The fraction of sp³-hybridized carbons (Fsp3) is 0.552. The maximum atomic E-state index is 13.4. The van der Waals surface area contributed by atoms with E-state index in [4.69, 9.17) is 4.74 Å². The van der Waals surface area contributed by atoms with E-state index in [2.05, 4.69) is 62.4 Å². The molecule has 176 valence electrons. The predicted molar refractivity (Wildman–Crippen MR) is 131 cm³/mol. The average molecular weight is 448 g/mol. The summed E-state index contributed by atoms with van der Waals surface area (Å²) in [5.41, 5.74) is 4.33. The van der Waals surface area contributed by atoms with Crippen molar-refractivity contribution in [1.29, 1.82) is 0 Å². The van der Waals surface area contributed by atoms with Crippen LogP contribution in [0, 0.1) is 5.92 Å². The molecule has 1 amide bonds. The summed E-state index contributed by atoms with van der Waals surface area (Å²) < 4.78 is 6.01. The van der Waals surface area contributed by atoms with Crippen molar-refractivity contribution in [3.63, 3.8) is 0 Å². The minimum absolute atomic E-state index is 0.0813. The maximum absolute atomic E-state index is 13.4. The number of ether oxygens (including phenoxy) is 1. The molecule has 4 heteroatoms. The van der Waals surface area contributed by atoms with E-state index in [-0.39, 0.29) is 24.1 Å². The van der Waals surface area contributed by atoms with Gasteiger partial charge < -0.3 is 14.7 Å². The Balaban J connectivity index is 1.29. The molecule has 1 N–H and O–H groups in total. The van der Waals surface area contributed by atoms with E-state index in [0.717, 1.165) is 38.5 Å². The lowest BCUT2D eigenvalue weighted by Gasteiger charge is -2.52. The van der Waals surface area contributed by atoms with Gasteiger partial charge in [0.2, 0.25) is 0 Å². The van der Waals surface area contributed by atoms with Gasteiger partial charge in [-0.1, -0.05) is 75.2 Å². The van der Waals surface area contributed by atoms with Crippen LogP contribution < -0.4 is 0 Å². The van der Waals surface area contributed by atoms with E-state index in [1.807, 2.05) is 4.90 Å². The molecule has 0 spiro atoms. The molecular weight excluding hydrogens is 410 g/mol. The summed E-state index contributed by atoms with van der Waals surface area (Å²) >= 11 is 0. The SMILES string of the molecule is CCC(CC)CC1(O)CC2CCCC(C1)N2C(=O)OCC1c2ccccc2-c2ccccc21. The molecule has 2 aliphatic heterocycles. The molecule has 2 fully saturated rings. The average Bonchev–Trinajstić information content (AvgIpc) is 3.14. The number of amides is 1. The molecule has 2 saturated heterocycles. The molecular formula is C29H37NO3. The Bertz CT molecular complexity index is 938. The summed E-state index contributed by atoms with van der Waals surface area (Å²) in [5, 5.41) is 11.5. The molecule has 2 atom stereocenters. The molecule has 2 bridgehead atoms. The summed E-state index contributed by atoms with van der Waals surface area (Å²) in [6.07, 6.45) is 7.28. The first-order chi connectivity index (χ1) is 16.0. The van der Waals surface area contributed by atoms with Gasteiger partial charge >= 0.3 is 6.09 Å². The van der Waals surface area contributed by atoms with Crippen LogP contribution in [0.15, 0.2) is 48.5 Å². The van der Waals surface area contributed by atoms with Crippen molar-refractivity contribution in [1.82, 2.24) is 4.90 Å². The fourth-order valence-corrected chi connectivity index (χ4v) is 6.77. The zero-order valence-electron chi connectivity index (χ0n) is 20.0. The van der Waals surface area contributed by atoms with Crippen molar-refractivity contribution in [3.8, 4) is 11.1 Å². The van der Waals surface area contributed by atoms with Crippen LogP contribution in [0.2, 0.25) is 0 Å². The Morgan fingerprint density at radius 1 is 1.00 bits per heavy atom. The van der Waals surface area contributed by atoms with Gasteiger partial charge in [0.25, 0.3) is 0 Å². The van der Waals surface area contributed by atoms with Gasteiger partial charge in [0.05, 0.1) is 5.60 Å². The molecule has 2 aromatic carbocycles. The highest BCUT2D eigenvalue weighted by atomic mass is 16.6. The van der Waals surface area contributed by atoms with E-state index in [1.165, 1.54) is 22.3 Å². The molecule has 3 aliphatic rings. The second kappa shape index (κ2) is 9.13. The summed E-state index contributed by atoms with van der Waals surface area (Å²) in [5.74, 6) is 0.634. The second-order valence-electron chi connectivity index (χ2n) is 10.5. The van der Waals surface area contributed by atoms with Crippen LogP contribution in [-0.4, -0.2) is 40.4 Å². The van der Waals surface area contributed by atoms with E-state index in [0.29, 0.717) is 25.4 Å². The molecule has 0 aromatic heterocycles. The molecule has 33 heavy (non-hydrogen) atoms. The summed E-state index contributed by atoms with van der Waals surface area (Å²) in [6, 6.07) is 17.1. The first-order valence-electron chi connectivity index (χ1n) is 12.9. The highest BCUT2D eigenvalue weighted by Crippen LogP contribution is 2.46. The van der Waals surface area contributed by atoms with Gasteiger partial charge in [0.1, 0.15) is 6.61 Å². The molecule has 2 unspecified atom stereocenters. The van der Waals surface area contributed by atoms with E-state index >= 15 is 0 Å². The number of fused-ring (bicyclic) bond motifs is 5. The number of hydrogen-bond donors (Lipinski definition) is 1. The molecule has 4 nitrogen and oxygen atoms in total. The highest BCUT2D eigenvalue weighted by Gasteiger charge is 2.48. The third-order valence-electron chi connectivity index (χ3n) is 8.46. The van der Waals surface area contributed by atoms with E-state index < -0.39 is 5.60 Å². The van der Waals surface area contributed by atoms with Crippen LogP contribution in [-0.2, 0) is 4.74 Å². The number of carbonyl (C=O) groups excluding carboxylic acids is 1. The standard InChI is InChI=1S/C29H37NO3/c1-3-20(4-2)16-29(32)17-21-10-9-11-22(18-29)30(21)28(31)33-19-27-25-14-7-5-12-23(25)24-13-6-8-15-26(24)27/h5-8,12-15,20-22,27,32H,3-4,9-11,16-19H2,1-2H3. The molecule has 1 aliphatic carbocycles. The normalized spacial score (nSPS) is 26.2. The lowest BCUT2D eigenvalue weighted by atomic mass is 9.71. The number of benzene rings is 2. The minimum Gasteiger partial charge on any atom is -0.448 e. The largest absolute Gasteiger partial charge is 0.448 e. The minimum atomic E-state index is -0.646. The lowest BCUT2D eigenvalue weighted by molar-refractivity contribution is -0.0957. The van der Waals surface area contributed by atoms with Crippen LogP contribution in [0.3, 0.4) is 0 Å². The third-order valence-corrected chi connectivity index (χ3v) is 8.46. The number of rotatable bonds is 6. The van der Waals surface area contributed by atoms with Gasteiger partial charge in [-0.15, -0.1) is 0 Å². The highest BCUT2D eigenvalue weighted by molar-refractivity contribution is 5.79. The lowest BCUT2D eigenvalue weighted by Crippen LogP contribution is -2.60. The van der Waals surface area contributed by atoms with Crippen molar-refractivity contribution in [2.75, 3.05) is 6.61 Å². The monoisotopic (exact) mass is 447 g/mol. The summed E-state index contributed by atoms with van der Waals surface area (Å²) in [6.45, 7) is 4.79. The van der Waals surface area contributed by atoms with Gasteiger partial charge in [-0.25, -0.2) is 4.79 Å². The second-order valence-corrected chi connectivity index (χ2v) is 10.5. The topological polar surface area (TPSA) is 49.8 Å². The summed E-state index contributed by atoms with van der Waals surface area (Å²) in [7, 11) is 0. The number of aliphatic hydroxyl groups is 1. The van der Waals surface area contributed by atoms with Gasteiger partial charge in [-0.3, -0.25) is 0 Å². The number of hydrogen-bond acceptors (Lipinski definition) is 3. The molecule has 2 heterocycles. The smallest absolute Gasteiger partial charge is 0.410 e. The number of nitrogens with zero attached hydrogens (tertiary/aromatic N) is 1. The zero-order valence-corrected chi connectivity index (χ0v) is 20.0. The van der Waals surface area contributed by atoms with Crippen molar-refractivity contribution in [3.05, 3.63) is 59.7 Å². The number of piperidine rings is 2. The Kier molecular flexibility index (Phi) is 6.22. The van der Waals surface area contributed by atoms with Gasteiger partial charge in [0.15, 0.2) is 0 Å². The summed E-state index contributed by atoms with van der Waals surface area (Å²) in [4.78, 5) is 15.3. The van der Waals surface area contributed by atoms with Crippen molar-refractivity contribution in [2.24, 2.45) is 5.92 Å². The fourth-order valence-electron chi connectivity index (χ4n) is 6.77. The van der Waals surface area contributed by atoms with Crippen LogP contribution in [0.4, 0.5) is 4.79 Å². The first-order valence-corrected chi connectivity index (χ1v) is 12.9.